The molecule has 34 heavy (non-hydrogen) atoms. The predicted octanol–water partition coefficient (Wildman–Crippen LogP) is 4.60. The number of rotatable bonds is 7. The monoisotopic (exact) mass is 480 g/mol. The maximum absolute atomic E-state index is 13.2. The van der Waals surface area contributed by atoms with Gasteiger partial charge in [-0.05, 0) is 51.3 Å². The number of hydrogen-bond donors (Lipinski definition) is 0. The van der Waals surface area contributed by atoms with Crippen LogP contribution in [0.25, 0.3) is 11.3 Å². The third kappa shape index (κ3) is 4.38. The van der Waals surface area contributed by atoms with E-state index in [9.17, 15) is 22.8 Å². The predicted molar refractivity (Wildman–Crippen MR) is 119 cm³/mol. The summed E-state index contributed by atoms with van der Waals surface area (Å²) in [5, 5.41) is 2.08. The average Bonchev–Trinajstić information content (AvgIpc) is 3.05. The fourth-order valence-corrected chi connectivity index (χ4v) is 4.82. The second kappa shape index (κ2) is 8.65. The molecule has 1 saturated heterocycles. The molecule has 3 heterocycles. The number of aromatic nitrogens is 1. The van der Waals surface area contributed by atoms with E-state index in [1.807, 2.05) is 0 Å². The quantitative estimate of drug-likeness (QED) is 0.426. The SMILES string of the molecule is COCCCOc1cc2c(cc1OC(F)(F)F)-c1cc(=O)c(C(C)=O)cn1N1[C@@H]2CCC1(C)C. The van der Waals surface area contributed by atoms with Gasteiger partial charge in [-0.1, -0.05) is 0 Å². The van der Waals surface area contributed by atoms with Gasteiger partial charge in [-0.25, -0.2) is 0 Å². The second-order valence-electron chi connectivity index (χ2n) is 9.18. The van der Waals surface area contributed by atoms with Gasteiger partial charge in [-0.15, -0.1) is 13.2 Å². The Bertz CT molecular complexity index is 1170. The molecule has 2 aliphatic rings. The van der Waals surface area contributed by atoms with E-state index in [0.29, 0.717) is 24.3 Å². The smallest absolute Gasteiger partial charge is 0.490 e. The van der Waals surface area contributed by atoms with Crippen LogP contribution in [0.2, 0.25) is 0 Å². The number of methoxy groups -OCH3 is 1. The molecule has 0 unspecified atom stereocenters. The molecule has 1 fully saturated rings. The lowest BCUT2D eigenvalue weighted by Gasteiger charge is -2.44. The third-order valence-electron chi connectivity index (χ3n) is 6.31. The number of alkyl halides is 3. The van der Waals surface area contributed by atoms with Crippen molar-refractivity contribution in [2.45, 2.75) is 58.0 Å². The Morgan fingerprint density at radius 3 is 2.56 bits per heavy atom. The first-order valence-electron chi connectivity index (χ1n) is 11.1. The van der Waals surface area contributed by atoms with Crippen LogP contribution in [0.4, 0.5) is 13.2 Å². The van der Waals surface area contributed by atoms with E-state index in [0.717, 1.165) is 18.4 Å². The molecule has 0 amide bonds. The molecule has 2 aliphatic heterocycles. The largest absolute Gasteiger partial charge is 0.573 e. The minimum Gasteiger partial charge on any atom is -0.490 e. The van der Waals surface area contributed by atoms with E-state index in [1.165, 1.54) is 32.4 Å². The van der Waals surface area contributed by atoms with Gasteiger partial charge in [-0.3, -0.25) is 19.3 Å². The van der Waals surface area contributed by atoms with Crippen LogP contribution in [0.15, 0.2) is 29.2 Å². The van der Waals surface area contributed by atoms with Gasteiger partial charge in [0.05, 0.1) is 29.4 Å². The molecular weight excluding hydrogens is 453 g/mol. The lowest BCUT2D eigenvalue weighted by molar-refractivity contribution is -0.275. The number of ether oxygens (including phenoxy) is 3. The molecular formula is C24H27F3N2O5. The minimum absolute atomic E-state index is 0.0204. The summed E-state index contributed by atoms with van der Waals surface area (Å²) in [6.45, 7) is 5.97. The highest BCUT2D eigenvalue weighted by molar-refractivity contribution is 5.94. The number of carbonyl (C=O) groups is 1. The average molecular weight is 480 g/mol. The summed E-state index contributed by atoms with van der Waals surface area (Å²) >= 11 is 0. The van der Waals surface area contributed by atoms with Crippen LogP contribution in [0.5, 0.6) is 11.5 Å². The summed E-state index contributed by atoms with van der Waals surface area (Å²) in [7, 11) is 1.53. The maximum Gasteiger partial charge on any atom is 0.573 e. The fraction of sp³-hybridized carbons (Fsp3) is 0.500. The normalized spacial score (nSPS) is 18.2. The van der Waals surface area contributed by atoms with Crippen molar-refractivity contribution in [2.24, 2.45) is 0 Å². The molecule has 7 nitrogen and oxygen atoms in total. The molecule has 4 rings (SSSR count). The van der Waals surface area contributed by atoms with Crippen molar-refractivity contribution in [2.75, 3.05) is 25.3 Å². The lowest BCUT2D eigenvalue weighted by atomic mass is 9.93. The van der Waals surface area contributed by atoms with E-state index in [4.69, 9.17) is 9.47 Å². The Morgan fingerprint density at radius 2 is 1.91 bits per heavy atom. The van der Waals surface area contributed by atoms with Crippen LogP contribution in [0.3, 0.4) is 0 Å². The molecule has 0 spiro atoms. The van der Waals surface area contributed by atoms with Crippen LogP contribution in [-0.4, -0.2) is 42.7 Å². The summed E-state index contributed by atoms with van der Waals surface area (Å²) in [5.41, 5.74) is 0.804. The topological polar surface area (TPSA) is 70.0 Å². The molecule has 1 aromatic carbocycles. The molecule has 0 N–H and O–H groups in total. The number of hydrogen-bond acceptors (Lipinski definition) is 6. The van der Waals surface area contributed by atoms with Crippen molar-refractivity contribution in [3.05, 3.63) is 45.7 Å². The minimum atomic E-state index is -4.92. The van der Waals surface area contributed by atoms with Gasteiger partial charge in [0.1, 0.15) is 0 Å². The standard InChI is InChI=1S/C24H27F3N2O5/c1-14(30)17-13-28-19(12-20(17)31)16-11-22(34-24(25,26)27)21(33-9-5-8-32-4)10-15(16)18-6-7-23(2,3)29(18)28/h10-13,18H,5-9H2,1-4H3/t18-/m1/s1. The van der Waals surface area contributed by atoms with Crippen LogP contribution in [-0.2, 0) is 4.74 Å². The molecule has 0 aliphatic carbocycles. The molecule has 1 atom stereocenters. The second-order valence-corrected chi connectivity index (χ2v) is 9.18. The molecule has 0 radical (unpaired) electrons. The summed E-state index contributed by atoms with van der Waals surface area (Å²) in [4.78, 5) is 24.7. The molecule has 10 heteroatoms. The Kier molecular flexibility index (Phi) is 6.14. The van der Waals surface area contributed by atoms with Crippen LogP contribution in [0.1, 0.15) is 62.0 Å². The molecule has 0 saturated carbocycles. The summed E-state index contributed by atoms with van der Waals surface area (Å²) in [6, 6.07) is 3.97. The number of halogens is 3. The Labute approximate surface area is 195 Å². The number of ketones is 1. The van der Waals surface area contributed by atoms with E-state index in [-0.39, 0.29) is 35.3 Å². The van der Waals surface area contributed by atoms with Gasteiger partial charge in [0.2, 0.25) is 0 Å². The lowest BCUT2D eigenvalue weighted by Crippen LogP contribution is -2.50. The molecule has 2 aromatic rings. The van der Waals surface area contributed by atoms with Crippen molar-refractivity contribution in [1.29, 1.82) is 0 Å². The summed E-state index contributed by atoms with van der Waals surface area (Å²) in [6.07, 6.45) is -1.39. The fourth-order valence-electron chi connectivity index (χ4n) is 4.82. The Morgan fingerprint density at radius 1 is 1.18 bits per heavy atom. The first-order valence-corrected chi connectivity index (χ1v) is 11.1. The highest BCUT2D eigenvalue weighted by atomic mass is 19.4. The van der Waals surface area contributed by atoms with Crippen molar-refractivity contribution < 1.29 is 32.2 Å². The van der Waals surface area contributed by atoms with Gasteiger partial charge in [0.15, 0.2) is 22.7 Å². The van der Waals surface area contributed by atoms with Crippen LogP contribution < -0.4 is 19.9 Å². The number of Topliss-reactive ketones (excluding diaryl/α,β-unsaturated/α-hetero) is 1. The van der Waals surface area contributed by atoms with E-state index < -0.39 is 17.5 Å². The first kappa shape index (κ1) is 24.1. The first-order chi connectivity index (χ1) is 15.9. The van der Waals surface area contributed by atoms with Crippen LogP contribution in [0, 0.1) is 0 Å². The Hall–Kier alpha value is -3.01. The van der Waals surface area contributed by atoms with E-state index in [2.05, 4.69) is 23.6 Å². The van der Waals surface area contributed by atoms with Gasteiger partial charge >= 0.3 is 6.36 Å². The maximum atomic E-state index is 13.2. The summed E-state index contributed by atoms with van der Waals surface area (Å²) < 4.78 is 56.3. The zero-order chi connectivity index (χ0) is 24.8. The number of fused-ring (bicyclic) bond motifs is 6. The van der Waals surface area contributed by atoms with Gasteiger partial charge in [0, 0.05) is 38.0 Å². The summed E-state index contributed by atoms with van der Waals surface area (Å²) in [5.74, 6) is -0.877. The van der Waals surface area contributed by atoms with Crippen molar-refractivity contribution in [3.63, 3.8) is 0 Å². The van der Waals surface area contributed by atoms with Gasteiger partial charge in [-0.2, -0.15) is 0 Å². The highest BCUT2D eigenvalue weighted by Crippen LogP contribution is 2.51. The molecule has 0 bridgehead atoms. The number of carbonyl (C=O) groups excluding carboxylic acids is 1. The Balaban J connectivity index is 1.91. The van der Waals surface area contributed by atoms with Gasteiger partial charge in [0.25, 0.3) is 0 Å². The molecule has 1 aromatic heterocycles. The highest BCUT2D eigenvalue weighted by Gasteiger charge is 2.45. The molecule has 184 valence electrons. The van der Waals surface area contributed by atoms with Gasteiger partial charge < -0.3 is 14.2 Å². The number of benzene rings is 1. The third-order valence-corrected chi connectivity index (χ3v) is 6.31. The van der Waals surface area contributed by atoms with E-state index in [1.54, 1.807) is 10.7 Å². The number of pyridine rings is 1. The van der Waals surface area contributed by atoms with Crippen LogP contribution >= 0.6 is 0 Å². The number of nitrogens with zero attached hydrogens (tertiary/aromatic N) is 2. The van der Waals surface area contributed by atoms with Crippen molar-refractivity contribution in [1.82, 2.24) is 4.68 Å². The zero-order valence-corrected chi connectivity index (χ0v) is 19.5. The zero-order valence-electron chi connectivity index (χ0n) is 19.5. The van der Waals surface area contributed by atoms with Crippen molar-refractivity contribution in [3.8, 4) is 22.8 Å². The van der Waals surface area contributed by atoms with Crippen molar-refractivity contribution >= 4 is 5.78 Å². The van der Waals surface area contributed by atoms with E-state index >= 15 is 0 Å².